The van der Waals surface area contributed by atoms with E-state index < -0.39 is 0 Å². The number of hydrogen-bond acceptors (Lipinski definition) is 5. The topological polar surface area (TPSA) is 91.3 Å². The van der Waals surface area contributed by atoms with Crippen LogP contribution < -0.4 is 0 Å². The van der Waals surface area contributed by atoms with Crippen LogP contribution in [0.1, 0.15) is 27.8 Å². The smallest absolute Gasteiger partial charge is 0.255 e. The number of pyridine rings is 1. The van der Waals surface area contributed by atoms with Gasteiger partial charge in [0, 0.05) is 37.7 Å². The van der Waals surface area contributed by atoms with Crippen molar-refractivity contribution in [3.63, 3.8) is 0 Å². The molecular weight excluding hydrogens is 284 g/mol. The Labute approximate surface area is 127 Å². The lowest BCUT2D eigenvalue weighted by Gasteiger charge is -2.32. The van der Waals surface area contributed by atoms with Gasteiger partial charge in [-0.15, -0.1) is 0 Å². The molecule has 1 fully saturated rings. The van der Waals surface area contributed by atoms with E-state index in [1.54, 1.807) is 29.4 Å². The highest BCUT2D eigenvalue weighted by Crippen LogP contribution is 2.22. The maximum absolute atomic E-state index is 12.5. The van der Waals surface area contributed by atoms with E-state index in [4.69, 9.17) is 9.84 Å². The fourth-order valence-corrected chi connectivity index (χ4v) is 2.48. The first-order chi connectivity index (χ1) is 10.8. The molecule has 0 radical (unpaired) electrons. The number of aliphatic hydroxyl groups is 1. The van der Waals surface area contributed by atoms with Crippen LogP contribution in [0.3, 0.4) is 0 Å². The van der Waals surface area contributed by atoms with Crippen LogP contribution in [0.4, 0.5) is 0 Å². The number of aromatic nitrogens is 3. The van der Waals surface area contributed by atoms with Crippen molar-refractivity contribution >= 4 is 5.91 Å². The molecule has 1 saturated heterocycles. The minimum atomic E-state index is -0.252. The highest BCUT2D eigenvalue weighted by Gasteiger charge is 2.27. The molecule has 0 aromatic carbocycles. The number of nitrogens with zero attached hydrogens (tertiary/aromatic N) is 3. The van der Waals surface area contributed by atoms with Gasteiger partial charge in [0.05, 0.1) is 24.4 Å². The number of carbonyl (C=O) groups excluding carboxylic acids is 1. The first-order valence-electron chi connectivity index (χ1n) is 7.24. The van der Waals surface area contributed by atoms with Crippen LogP contribution in [0.25, 0.3) is 0 Å². The standard InChI is InChI=1S/C15H18N4O3/c20-6-3-12-8-13(18-17-12)14-10-19(5-7-22-14)15(21)11-2-1-4-16-9-11/h1-2,4,8-9,14,20H,3,5-7,10H2,(H,17,18)/t14-/m0/s1. The molecule has 2 N–H and O–H groups in total. The molecule has 2 aromatic rings. The van der Waals surface area contributed by atoms with Crippen molar-refractivity contribution < 1.29 is 14.6 Å². The Balaban J connectivity index is 1.69. The van der Waals surface area contributed by atoms with Gasteiger partial charge >= 0.3 is 0 Å². The van der Waals surface area contributed by atoms with Crippen LogP contribution in [0.2, 0.25) is 0 Å². The van der Waals surface area contributed by atoms with E-state index in [0.717, 1.165) is 11.4 Å². The van der Waals surface area contributed by atoms with Crippen molar-refractivity contribution in [2.24, 2.45) is 0 Å². The van der Waals surface area contributed by atoms with Gasteiger partial charge < -0.3 is 14.7 Å². The molecule has 1 aliphatic heterocycles. The van der Waals surface area contributed by atoms with Gasteiger partial charge in [-0.1, -0.05) is 0 Å². The predicted octanol–water partition coefficient (Wildman–Crippen LogP) is 0.553. The molecule has 1 atom stereocenters. The van der Waals surface area contributed by atoms with Crippen molar-refractivity contribution in [2.75, 3.05) is 26.3 Å². The minimum Gasteiger partial charge on any atom is -0.396 e. The third kappa shape index (κ3) is 3.15. The Hall–Kier alpha value is -2.25. The van der Waals surface area contributed by atoms with E-state index in [9.17, 15) is 4.79 Å². The Morgan fingerprint density at radius 3 is 3.23 bits per heavy atom. The van der Waals surface area contributed by atoms with Crippen molar-refractivity contribution in [1.82, 2.24) is 20.1 Å². The number of aromatic amines is 1. The molecule has 3 rings (SSSR count). The molecular formula is C15H18N4O3. The number of hydrogen-bond donors (Lipinski definition) is 2. The molecule has 7 heteroatoms. The van der Waals surface area contributed by atoms with Gasteiger partial charge in [-0.25, -0.2) is 0 Å². The first kappa shape index (κ1) is 14.7. The van der Waals surface area contributed by atoms with Crippen LogP contribution in [0, 0.1) is 0 Å². The second-order valence-electron chi connectivity index (χ2n) is 5.14. The molecule has 0 spiro atoms. The van der Waals surface area contributed by atoms with E-state index in [2.05, 4.69) is 15.2 Å². The zero-order valence-electron chi connectivity index (χ0n) is 12.1. The highest BCUT2D eigenvalue weighted by molar-refractivity contribution is 5.93. The molecule has 1 amide bonds. The quantitative estimate of drug-likeness (QED) is 0.861. The predicted molar refractivity (Wildman–Crippen MR) is 78.2 cm³/mol. The number of aliphatic hydroxyl groups excluding tert-OH is 1. The summed E-state index contributed by atoms with van der Waals surface area (Å²) >= 11 is 0. The fraction of sp³-hybridized carbons (Fsp3) is 0.400. The number of morpholine rings is 1. The van der Waals surface area contributed by atoms with Gasteiger partial charge in [-0.2, -0.15) is 5.10 Å². The molecule has 0 aliphatic carbocycles. The van der Waals surface area contributed by atoms with Crippen LogP contribution >= 0.6 is 0 Å². The van der Waals surface area contributed by atoms with Crippen molar-refractivity contribution in [2.45, 2.75) is 12.5 Å². The molecule has 1 aliphatic rings. The number of H-pyrrole nitrogens is 1. The largest absolute Gasteiger partial charge is 0.396 e. The summed E-state index contributed by atoms with van der Waals surface area (Å²) < 4.78 is 5.72. The van der Waals surface area contributed by atoms with Crippen LogP contribution in [-0.4, -0.2) is 57.4 Å². The lowest BCUT2D eigenvalue weighted by molar-refractivity contribution is -0.0247. The Bertz CT molecular complexity index is 629. The van der Waals surface area contributed by atoms with Gasteiger partial charge in [0.2, 0.25) is 0 Å². The van der Waals surface area contributed by atoms with E-state index in [-0.39, 0.29) is 18.6 Å². The second-order valence-corrected chi connectivity index (χ2v) is 5.14. The van der Waals surface area contributed by atoms with Crippen LogP contribution in [-0.2, 0) is 11.2 Å². The van der Waals surface area contributed by atoms with Gasteiger partial charge in [0.25, 0.3) is 5.91 Å². The zero-order chi connectivity index (χ0) is 15.4. The summed E-state index contributed by atoms with van der Waals surface area (Å²) in [5, 5.41) is 16.0. The molecule has 0 bridgehead atoms. The summed E-state index contributed by atoms with van der Waals surface area (Å²) in [6, 6.07) is 5.38. The summed E-state index contributed by atoms with van der Waals surface area (Å²) in [7, 11) is 0. The third-order valence-corrected chi connectivity index (χ3v) is 3.62. The SMILES string of the molecule is O=C(c1cccnc1)N1CCO[C@H](c2cc(CCO)[nH]n2)C1. The van der Waals surface area contributed by atoms with Crippen LogP contribution in [0.15, 0.2) is 30.6 Å². The maximum Gasteiger partial charge on any atom is 0.255 e. The summed E-state index contributed by atoms with van der Waals surface area (Å²) in [4.78, 5) is 18.2. The van der Waals surface area contributed by atoms with E-state index in [0.29, 0.717) is 31.7 Å². The number of carbonyl (C=O) groups is 1. The highest BCUT2D eigenvalue weighted by atomic mass is 16.5. The average molecular weight is 302 g/mol. The lowest BCUT2D eigenvalue weighted by atomic mass is 10.1. The number of amides is 1. The van der Waals surface area contributed by atoms with Gasteiger partial charge in [0.15, 0.2) is 0 Å². The summed E-state index contributed by atoms with van der Waals surface area (Å²) in [6.45, 7) is 1.55. The summed E-state index contributed by atoms with van der Waals surface area (Å²) in [5.41, 5.74) is 2.19. The average Bonchev–Trinajstić information content (AvgIpc) is 3.04. The van der Waals surface area contributed by atoms with Gasteiger partial charge in [-0.3, -0.25) is 14.9 Å². The maximum atomic E-state index is 12.5. The Kier molecular flexibility index (Phi) is 4.45. The monoisotopic (exact) mass is 302 g/mol. The van der Waals surface area contributed by atoms with Gasteiger partial charge in [-0.05, 0) is 18.2 Å². The van der Waals surface area contributed by atoms with Crippen molar-refractivity contribution in [3.05, 3.63) is 47.5 Å². The fourth-order valence-electron chi connectivity index (χ4n) is 2.48. The van der Waals surface area contributed by atoms with Crippen LogP contribution in [0.5, 0.6) is 0 Å². The van der Waals surface area contributed by atoms with E-state index in [1.165, 1.54) is 0 Å². The molecule has 0 unspecified atom stereocenters. The van der Waals surface area contributed by atoms with Crippen molar-refractivity contribution in [3.8, 4) is 0 Å². The zero-order valence-corrected chi connectivity index (χ0v) is 12.1. The molecule has 0 saturated carbocycles. The van der Waals surface area contributed by atoms with E-state index in [1.807, 2.05) is 6.07 Å². The summed E-state index contributed by atoms with van der Waals surface area (Å²) in [5.74, 6) is -0.0486. The minimum absolute atomic E-state index is 0.0486. The first-order valence-corrected chi connectivity index (χ1v) is 7.24. The number of ether oxygens (including phenoxy) is 1. The summed E-state index contributed by atoms with van der Waals surface area (Å²) in [6.07, 6.45) is 3.49. The normalized spacial score (nSPS) is 18.4. The lowest BCUT2D eigenvalue weighted by Crippen LogP contribution is -2.42. The molecule has 2 aromatic heterocycles. The molecule has 22 heavy (non-hydrogen) atoms. The Morgan fingerprint density at radius 2 is 2.45 bits per heavy atom. The second kappa shape index (κ2) is 6.67. The van der Waals surface area contributed by atoms with Crippen molar-refractivity contribution in [1.29, 1.82) is 0 Å². The van der Waals surface area contributed by atoms with Gasteiger partial charge in [0.1, 0.15) is 6.10 Å². The molecule has 3 heterocycles. The molecule has 7 nitrogen and oxygen atoms in total. The van der Waals surface area contributed by atoms with E-state index >= 15 is 0 Å². The third-order valence-electron chi connectivity index (χ3n) is 3.62. The number of nitrogens with one attached hydrogen (secondary N) is 1. The Morgan fingerprint density at radius 1 is 1.55 bits per heavy atom. The molecule has 116 valence electrons. The number of rotatable bonds is 4.